The molecule has 8 heteroatoms. The molecule has 0 aliphatic carbocycles. The highest BCUT2D eigenvalue weighted by atomic mass is 16.1. The maximum atomic E-state index is 11.1. The third-order valence-electron chi connectivity index (χ3n) is 3.33. The second-order valence-electron chi connectivity index (χ2n) is 4.93. The Hall–Kier alpha value is -3.68. The number of carbonyl (C=O) groups is 2. The second-order valence-corrected chi connectivity index (χ2v) is 4.93. The molecule has 0 fully saturated rings. The van der Waals surface area contributed by atoms with Gasteiger partial charge in [0.25, 0.3) is 0 Å². The van der Waals surface area contributed by atoms with E-state index in [2.05, 4.69) is 20.4 Å². The van der Waals surface area contributed by atoms with Crippen molar-refractivity contribution < 1.29 is 9.59 Å². The lowest BCUT2D eigenvalue weighted by Crippen LogP contribution is -2.10. The fraction of sp³-hybridized carbons (Fsp3) is 0. The Morgan fingerprint density at radius 1 is 0.583 bits per heavy atom. The number of hydrogen-bond acceptors (Lipinski definition) is 6. The first-order valence-corrected chi connectivity index (χ1v) is 6.92. The summed E-state index contributed by atoms with van der Waals surface area (Å²) in [6.07, 6.45) is 0. The van der Waals surface area contributed by atoms with Crippen LogP contribution in [0.5, 0.6) is 0 Å². The standard InChI is InChI=1S/C16H12N6O2/c17-13(23)9-1-5-11(6-2-9)15-19-21-16(22-20-15)12-7-3-10(4-8-12)14(18)24/h1-8H,(H2,17,23)(H2,18,24). The molecule has 0 spiro atoms. The molecule has 3 rings (SSSR count). The average molecular weight is 320 g/mol. The first-order valence-electron chi connectivity index (χ1n) is 6.92. The number of hydrogen-bond donors (Lipinski definition) is 2. The van der Waals surface area contributed by atoms with E-state index in [1.807, 2.05) is 0 Å². The molecular formula is C16H12N6O2. The van der Waals surface area contributed by atoms with Crippen molar-refractivity contribution in [1.29, 1.82) is 0 Å². The molecule has 4 N–H and O–H groups in total. The van der Waals surface area contributed by atoms with E-state index in [-0.39, 0.29) is 0 Å². The summed E-state index contributed by atoms with van der Waals surface area (Å²) in [6, 6.07) is 13.0. The van der Waals surface area contributed by atoms with Gasteiger partial charge in [-0.25, -0.2) is 0 Å². The number of benzene rings is 2. The topological polar surface area (TPSA) is 138 Å². The zero-order valence-electron chi connectivity index (χ0n) is 12.4. The van der Waals surface area contributed by atoms with Gasteiger partial charge in [0.05, 0.1) is 0 Å². The largest absolute Gasteiger partial charge is 0.366 e. The van der Waals surface area contributed by atoms with Crippen molar-refractivity contribution in [2.45, 2.75) is 0 Å². The summed E-state index contributed by atoms with van der Waals surface area (Å²) >= 11 is 0. The van der Waals surface area contributed by atoms with Gasteiger partial charge in [-0.05, 0) is 24.3 Å². The fourth-order valence-corrected chi connectivity index (χ4v) is 2.03. The Kier molecular flexibility index (Phi) is 3.94. The van der Waals surface area contributed by atoms with Gasteiger partial charge >= 0.3 is 0 Å². The predicted octanol–water partition coefficient (Wildman–Crippen LogP) is 0.798. The highest BCUT2D eigenvalue weighted by Gasteiger charge is 2.08. The number of carbonyl (C=O) groups excluding carboxylic acids is 2. The lowest BCUT2D eigenvalue weighted by molar-refractivity contribution is 0.0992. The molecular weight excluding hydrogens is 308 g/mol. The number of nitrogens with two attached hydrogens (primary N) is 2. The van der Waals surface area contributed by atoms with Crippen molar-refractivity contribution in [3.63, 3.8) is 0 Å². The number of rotatable bonds is 4. The van der Waals surface area contributed by atoms with Crippen LogP contribution in [0.4, 0.5) is 0 Å². The Labute approximate surface area is 136 Å². The van der Waals surface area contributed by atoms with E-state index < -0.39 is 11.8 Å². The van der Waals surface area contributed by atoms with Crippen molar-refractivity contribution in [2.75, 3.05) is 0 Å². The second kappa shape index (κ2) is 6.21. The molecule has 0 saturated carbocycles. The van der Waals surface area contributed by atoms with Crippen LogP contribution in [-0.2, 0) is 0 Å². The van der Waals surface area contributed by atoms with E-state index in [4.69, 9.17) is 11.5 Å². The summed E-state index contributed by atoms with van der Waals surface area (Å²) < 4.78 is 0. The molecule has 1 aromatic heterocycles. The zero-order chi connectivity index (χ0) is 17.1. The maximum Gasteiger partial charge on any atom is 0.248 e. The summed E-state index contributed by atoms with van der Waals surface area (Å²) in [6.45, 7) is 0. The average Bonchev–Trinajstić information content (AvgIpc) is 2.62. The van der Waals surface area contributed by atoms with Crippen molar-refractivity contribution in [3.8, 4) is 22.8 Å². The lowest BCUT2D eigenvalue weighted by Gasteiger charge is -2.02. The van der Waals surface area contributed by atoms with Gasteiger partial charge in [-0.2, -0.15) is 0 Å². The van der Waals surface area contributed by atoms with E-state index in [0.717, 1.165) is 0 Å². The summed E-state index contributed by atoms with van der Waals surface area (Å²) in [5, 5.41) is 16.1. The van der Waals surface area contributed by atoms with Crippen LogP contribution >= 0.6 is 0 Å². The van der Waals surface area contributed by atoms with Gasteiger partial charge in [-0.3, -0.25) is 9.59 Å². The van der Waals surface area contributed by atoms with E-state index in [9.17, 15) is 9.59 Å². The molecule has 0 atom stereocenters. The maximum absolute atomic E-state index is 11.1. The van der Waals surface area contributed by atoms with Crippen molar-refractivity contribution >= 4 is 11.8 Å². The monoisotopic (exact) mass is 320 g/mol. The Bertz CT molecular complexity index is 813. The summed E-state index contributed by atoms with van der Waals surface area (Å²) in [7, 11) is 0. The third-order valence-corrected chi connectivity index (χ3v) is 3.33. The van der Waals surface area contributed by atoms with E-state index in [1.54, 1.807) is 48.5 Å². The molecule has 0 aliphatic heterocycles. The molecule has 8 nitrogen and oxygen atoms in total. The van der Waals surface area contributed by atoms with Crippen LogP contribution in [0.3, 0.4) is 0 Å². The highest BCUT2D eigenvalue weighted by molar-refractivity contribution is 5.93. The fourth-order valence-electron chi connectivity index (χ4n) is 2.03. The van der Waals surface area contributed by atoms with Gasteiger partial charge in [0.1, 0.15) is 0 Å². The van der Waals surface area contributed by atoms with Gasteiger partial charge in [0, 0.05) is 22.3 Å². The number of amides is 2. The summed E-state index contributed by atoms with van der Waals surface area (Å²) in [4.78, 5) is 22.1. The highest BCUT2D eigenvalue weighted by Crippen LogP contribution is 2.17. The first kappa shape index (κ1) is 15.2. The number of primary amides is 2. The van der Waals surface area contributed by atoms with E-state index in [0.29, 0.717) is 33.9 Å². The smallest absolute Gasteiger partial charge is 0.248 e. The molecule has 2 aromatic carbocycles. The molecule has 2 amide bonds. The molecule has 0 aliphatic rings. The summed E-state index contributed by atoms with van der Waals surface area (Å²) in [5.74, 6) is -0.367. The molecule has 118 valence electrons. The van der Waals surface area contributed by atoms with Crippen molar-refractivity contribution in [1.82, 2.24) is 20.4 Å². The van der Waals surface area contributed by atoms with Crippen LogP contribution in [0.25, 0.3) is 22.8 Å². The van der Waals surface area contributed by atoms with Crippen LogP contribution in [0.2, 0.25) is 0 Å². The quantitative estimate of drug-likeness (QED) is 0.729. The molecule has 3 aromatic rings. The molecule has 1 heterocycles. The molecule has 0 bridgehead atoms. The van der Waals surface area contributed by atoms with Crippen molar-refractivity contribution in [2.24, 2.45) is 11.5 Å². The zero-order valence-corrected chi connectivity index (χ0v) is 12.4. The lowest BCUT2D eigenvalue weighted by atomic mass is 10.1. The van der Waals surface area contributed by atoms with Crippen LogP contribution in [-0.4, -0.2) is 32.2 Å². The minimum Gasteiger partial charge on any atom is -0.366 e. The predicted molar refractivity (Wildman–Crippen MR) is 85.5 cm³/mol. The Morgan fingerprint density at radius 3 is 1.12 bits per heavy atom. The van der Waals surface area contributed by atoms with Crippen LogP contribution in [0.15, 0.2) is 48.5 Å². The SMILES string of the molecule is NC(=O)c1ccc(-c2nnc(-c3ccc(C(N)=O)cc3)nn2)cc1. The normalized spacial score (nSPS) is 10.3. The Morgan fingerprint density at radius 2 is 0.875 bits per heavy atom. The van der Waals surface area contributed by atoms with Gasteiger partial charge in [-0.15, -0.1) is 20.4 Å². The Balaban J connectivity index is 1.84. The molecule has 0 radical (unpaired) electrons. The van der Waals surface area contributed by atoms with Crippen molar-refractivity contribution in [3.05, 3.63) is 59.7 Å². The molecule has 24 heavy (non-hydrogen) atoms. The number of aromatic nitrogens is 4. The van der Waals surface area contributed by atoms with Gasteiger partial charge in [0.15, 0.2) is 0 Å². The minimum atomic E-state index is -0.506. The molecule has 0 unspecified atom stereocenters. The van der Waals surface area contributed by atoms with Crippen LogP contribution in [0.1, 0.15) is 20.7 Å². The summed E-state index contributed by atoms with van der Waals surface area (Å²) in [5.41, 5.74) is 12.5. The number of nitrogens with zero attached hydrogens (tertiary/aromatic N) is 4. The van der Waals surface area contributed by atoms with E-state index >= 15 is 0 Å². The van der Waals surface area contributed by atoms with Gasteiger partial charge < -0.3 is 11.5 Å². The minimum absolute atomic E-state index is 0.323. The van der Waals surface area contributed by atoms with E-state index in [1.165, 1.54) is 0 Å². The van der Waals surface area contributed by atoms with Crippen LogP contribution in [0, 0.1) is 0 Å². The molecule has 0 saturated heterocycles. The van der Waals surface area contributed by atoms with Gasteiger partial charge in [-0.1, -0.05) is 24.3 Å². The van der Waals surface area contributed by atoms with Gasteiger partial charge in [0.2, 0.25) is 23.5 Å². The first-order chi connectivity index (χ1) is 11.5. The van der Waals surface area contributed by atoms with Crippen LogP contribution < -0.4 is 11.5 Å². The third kappa shape index (κ3) is 3.07.